The first-order valence-electron chi connectivity index (χ1n) is 8.91. The van der Waals surface area contributed by atoms with Crippen LogP contribution in [0, 0.1) is 0 Å². The molecule has 1 aromatic carbocycles. The van der Waals surface area contributed by atoms with E-state index in [4.69, 9.17) is 9.47 Å². The van der Waals surface area contributed by atoms with Crippen molar-refractivity contribution < 1.29 is 9.47 Å². The van der Waals surface area contributed by atoms with Crippen molar-refractivity contribution in [2.24, 2.45) is 7.05 Å². The summed E-state index contributed by atoms with van der Waals surface area (Å²) in [4.78, 5) is 2.61. The lowest BCUT2D eigenvalue weighted by molar-refractivity contribution is 0.170. The molecule has 4 rings (SSSR count). The molecule has 0 radical (unpaired) electrons. The van der Waals surface area contributed by atoms with Gasteiger partial charge in [-0.2, -0.15) is 5.10 Å². The molecule has 128 valence electrons. The summed E-state index contributed by atoms with van der Waals surface area (Å²) in [6, 6.07) is 6.96. The molecule has 0 N–H and O–H groups in total. The van der Waals surface area contributed by atoms with E-state index >= 15 is 0 Å². The highest BCUT2D eigenvalue weighted by Gasteiger charge is 2.26. The van der Waals surface area contributed by atoms with Gasteiger partial charge in [0, 0.05) is 19.3 Å². The van der Waals surface area contributed by atoms with Crippen LogP contribution in [-0.4, -0.2) is 41.0 Å². The number of rotatable bonds is 5. The van der Waals surface area contributed by atoms with Crippen LogP contribution in [0.15, 0.2) is 30.6 Å². The van der Waals surface area contributed by atoms with E-state index in [0.29, 0.717) is 19.3 Å². The van der Waals surface area contributed by atoms with Crippen molar-refractivity contribution in [3.05, 3.63) is 41.7 Å². The molecule has 5 nitrogen and oxygen atoms in total. The van der Waals surface area contributed by atoms with Crippen molar-refractivity contribution in [3.8, 4) is 11.5 Å². The van der Waals surface area contributed by atoms with E-state index < -0.39 is 0 Å². The zero-order valence-corrected chi connectivity index (χ0v) is 14.3. The monoisotopic (exact) mass is 327 g/mol. The first-order valence-corrected chi connectivity index (χ1v) is 8.91. The Labute approximate surface area is 143 Å². The van der Waals surface area contributed by atoms with E-state index in [1.54, 1.807) is 0 Å². The van der Waals surface area contributed by atoms with E-state index in [1.807, 2.05) is 17.9 Å². The van der Waals surface area contributed by atoms with Gasteiger partial charge >= 0.3 is 0 Å². The quantitative estimate of drug-likeness (QED) is 0.846. The minimum atomic E-state index is 0.509. The van der Waals surface area contributed by atoms with Gasteiger partial charge in [-0.1, -0.05) is 6.07 Å². The van der Waals surface area contributed by atoms with E-state index in [-0.39, 0.29) is 0 Å². The molecule has 1 atom stereocenters. The van der Waals surface area contributed by atoms with Gasteiger partial charge in [-0.25, -0.2) is 0 Å². The summed E-state index contributed by atoms with van der Waals surface area (Å²) < 4.78 is 13.3. The zero-order valence-electron chi connectivity index (χ0n) is 14.3. The Bertz CT molecular complexity index is 698. The lowest BCUT2D eigenvalue weighted by Crippen LogP contribution is -2.25. The van der Waals surface area contributed by atoms with E-state index in [0.717, 1.165) is 24.5 Å². The average Bonchev–Trinajstić information content (AvgIpc) is 3.23. The number of aromatic nitrogens is 2. The summed E-state index contributed by atoms with van der Waals surface area (Å²) in [6.45, 7) is 3.62. The Balaban J connectivity index is 1.39. The Morgan fingerprint density at radius 1 is 1.21 bits per heavy atom. The fraction of sp³-hybridized carbons (Fsp3) is 0.526. The fourth-order valence-electron chi connectivity index (χ4n) is 3.83. The lowest BCUT2D eigenvalue weighted by Gasteiger charge is -2.26. The van der Waals surface area contributed by atoms with Crippen LogP contribution < -0.4 is 9.47 Å². The van der Waals surface area contributed by atoms with Crippen molar-refractivity contribution in [2.75, 3.05) is 26.3 Å². The van der Waals surface area contributed by atoms with Gasteiger partial charge in [-0.15, -0.1) is 0 Å². The van der Waals surface area contributed by atoms with Gasteiger partial charge in [0.15, 0.2) is 11.5 Å². The van der Waals surface area contributed by atoms with Gasteiger partial charge in [0.1, 0.15) is 13.2 Å². The van der Waals surface area contributed by atoms with E-state index in [1.165, 1.54) is 36.9 Å². The van der Waals surface area contributed by atoms with Crippen LogP contribution in [0.2, 0.25) is 0 Å². The van der Waals surface area contributed by atoms with Gasteiger partial charge in [0.05, 0.1) is 6.20 Å². The SMILES string of the molecule is Cn1cc(CCCN2CCCC2c2ccc3c(c2)OCCO3)cn1. The molecule has 2 aromatic rings. The largest absolute Gasteiger partial charge is 0.486 e. The van der Waals surface area contributed by atoms with Crippen LogP contribution in [0.25, 0.3) is 0 Å². The van der Waals surface area contributed by atoms with Crippen LogP contribution >= 0.6 is 0 Å². The summed E-state index contributed by atoms with van der Waals surface area (Å²) in [6.07, 6.45) is 8.86. The van der Waals surface area contributed by atoms with E-state index in [9.17, 15) is 0 Å². The Morgan fingerprint density at radius 3 is 2.92 bits per heavy atom. The van der Waals surface area contributed by atoms with Gasteiger partial charge < -0.3 is 9.47 Å². The number of benzene rings is 1. The molecule has 2 aliphatic heterocycles. The molecule has 0 aliphatic carbocycles. The molecule has 1 unspecified atom stereocenters. The highest BCUT2D eigenvalue weighted by Crippen LogP contribution is 2.38. The first kappa shape index (κ1) is 15.5. The Morgan fingerprint density at radius 2 is 2.08 bits per heavy atom. The number of hydrogen-bond donors (Lipinski definition) is 0. The molecule has 0 saturated carbocycles. The van der Waals surface area contributed by atoms with Gasteiger partial charge in [0.25, 0.3) is 0 Å². The summed E-state index contributed by atoms with van der Waals surface area (Å²) in [7, 11) is 1.97. The number of likely N-dealkylation sites (tertiary alicyclic amines) is 1. The van der Waals surface area contributed by atoms with Gasteiger partial charge in [-0.3, -0.25) is 9.58 Å². The molecule has 1 aromatic heterocycles. The summed E-state index contributed by atoms with van der Waals surface area (Å²) >= 11 is 0. The third-order valence-corrected chi connectivity index (χ3v) is 4.98. The number of nitrogens with zero attached hydrogens (tertiary/aromatic N) is 3. The topological polar surface area (TPSA) is 39.5 Å². The second-order valence-electron chi connectivity index (χ2n) is 6.72. The van der Waals surface area contributed by atoms with Crippen molar-refractivity contribution in [1.29, 1.82) is 0 Å². The predicted octanol–water partition coefficient (Wildman–Crippen LogP) is 2.96. The molecule has 3 heterocycles. The molecule has 5 heteroatoms. The molecule has 1 fully saturated rings. The molecule has 0 amide bonds. The van der Waals surface area contributed by atoms with Crippen LogP contribution in [0.4, 0.5) is 0 Å². The van der Waals surface area contributed by atoms with Crippen LogP contribution in [-0.2, 0) is 13.5 Å². The van der Waals surface area contributed by atoms with Crippen molar-refractivity contribution in [2.45, 2.75) is 31.7 Å². The van der Waals surface area contributed by atoms with E-state index in [2.05, 4.69) is 34.4 Å². The smallest absolute Gasteiger partial charge is 0.161 e. The lowest BCUT2D eigenvalue weighted by atomic mass is 10.0. The normalized spacial score (nSPS) is 20.5. The average molecular weight is 327 g/mol. The first-order chi connectivity index (χ1) is 11.8. The van der Waals surface area contributed by atoms with Crippen LogP contribution in [0.1, 0.15) is 36.4 Å². The number of aryl methyl sites for hydroxylation is 2. The third-order valence-electron chi connectivity index (χ3n) is 4.98. The number of hydrogen-bond acceptors (Lipinski definition) is 4. The fourth-order valence-corrected chi connectivity index (χ4v) is 3.83. The summed E-state index contributed by atoms with van der Waals surface area (Å²) in [5.74, 6) is 1.78. The Kier molecular flexibility index (Phi) is 4.43. The maximum atomic E-state index is 5.75. The third kappa shape index (κ3) is 3.26. The van der Waals surface area contributed by atoms with Crippen molar-refractivity contribution in [3.63, 3.8) is 0 Å². The second-order valence-corrected chi connectivity index (χ2v) is 6.72. The predicted molar refractivity (Wildman–Crippen MR) is 92.5 cm³/mol. The molecule has 0 bridgehead atoms. The van der Waals surface area contributed by atoms with Gasteiger partial charge in [-0.05, 0) is 62.0 Å². The number of ether oxygens (including phenoxy) is 2. The van der Waals surface area contributed by atoms with Crippen molar-refractivity contribution in [1.82, 2.24) is 14.7 Å². The summed E-state index contributed by atoms with van der Waals surface area (Å²) in [5.41, 5.74) is 2.69. The van der Waals surface area contributed by atoms with Crippen LogP contribution in [0.5, 0.6) is 11.5 Å². The second kappa shape index (κ2) is 6.85. The van der Waals surface area contributed by atoms with Gasteiger partial charge in [0.2, 0.25) is 0 Å². The molecule has 0 spiro atoms. The van der Waals surface area contributed by atoms with Crippen LogP contribution in [0.3, 0.4) is 0 Å². The molecular weight excluding hydrogens is 302 g/mol. The molecule has 2 aliphatic rings. The molecular formula is C19H25N3O2. The highest BCUT2D eigenvalue weighted by molar-refractivity contribution is 5.44. The summed E-state index contributed by atoms with van der Waals surface area (Å²) in [5, 5.41) is 4.25. The maximum Gasteiger partial charge on any atom is 0.161 e. The minimum absolute atomic E-state index is 0.509. The van der Waals surface area contributed by atoms with Crippen molar-refractivity contribution >= 4 is 0 Å². The molecule has 24 heavy (non-hydrogen) atoms. The number of fused-ring (bicyclic) bond motifs is 1. The molecule has 1 saturated heterocycles. The zero-order chi connectivity index (χ0) is 16.4. The maximum absolute atomic E-state index is 5.75. The Hall–Kier alpha value is -2.01. The minimum Gasteiger partial charge on any atom is -0.486 e. The standard InChI is InChI=1S/C19H25N3O2/c1-21-14-15(13-20-21)4-2-8-22-9-3-5-17(22)16-6-7-18-19(12-16)24-11-10-23-18/h6-7,12-14,17H,2-5,8-11H2,1H3. The highest BCUT2D eigenvalue weighted by atomic mass is 16.6.